The summed E-state index contributed by atoms with van der Waals surface area (Å²) in [5.41, 5.74) is 22.1. The third kappa shape index (κ3) is 2.95. The second kappa shape index (κ2) is 7.69. The molecule has 1 aromatic heterocycles. The molecule has 36 heavy (non-hydrogen) atoms. The SMILES string of the molecule is NC[C@]1(c2ccccc2F)[C@@H]2CCN(C3=CNC4=C(c5ccc6c(N)nccc6c5)NNC4=N3)C[C@@H]21. The molecule has 8 nitrogen and oxygen atoms in total. The van der Waals surface area contributed by atoms with Crippen molar-refractivity contribution < 1.29 is 4.39 Å². The van der Waals surface area contributed by atoms with E-state index >= 15 is 0 Å². The van der Waals surface area contributed by atoms with Gasteiger partial charge in [0.1, 0.15) is 23.2 Å². The summed E-state index contributed by atoms with van der Waals surface area (Å²) < 4.78 is 14.7. The highest BCUT2D eigenvalue weighted by Crippen LogP contribution is 2.63. The summed E-state index contributed by atoms with van der Waals surface area (Å²) in [7, 11) is 0. The van der Waals surface area contributed by atoms with Crippen LogP contribution in [-0.4, -0.2) is 35.4 Å². The highest BCUT2D eigenvalue weighted by Gasteiger charge is 2.66. The first kappa shape index (κ1) is 21.2. The first-order chi connectivity index (χ1) is 17.6. The smallest absolute Gasteiger partial charge is 0.172 e. The number of rotatable bonds is 4. The number of anilines is 1. The van der Waals surface area contributed by atoms with Crippen LogP contribution in [0, 0.1) is 17.7 Å². The zero-order valence-electron chi connectivity index (χ0n) is 19.6. The summed E-state index contributed by atoms with van der Waals surface area (Å²) in [4.78, 5) is 11.4. The molecule has 3 aliphatic heterocycles. The van der Waals surface area contributed by atoms with Crippen LogP contribution in [0.25, 0.3) is 16.5 Å². The maximum Gasteiger partial charge on any atom is 0.172 e. The molecular formula is C27H27FN8. The van der Waals surface area contributed by atoms with Crippen LogP contribution in [0.2, 0.25) is 0 Å². The third-order valence-corrected chi connectivity index (χ3v) is 8.31. The van der Waals surface area contributed by atoms with E-state index in [2.05, 4.69) is 32.1 Å². The summed E-state index contributed by atoms with van der Waals surface area (Å²) >= 11 is 0. The lowest BCUT2D eigenvalue weighted by Crippen LogP contribution is -2.37. The van der Waals surface area contributed by atoms with Crippen molar-refractivity contribution in [2.75, 3.05) is 25.4 Å². The minimum atomic E-state index is -0.281. The fourth-order valence-electron chi connectivity index (χ4n) is 6.44. The molecule has 4 aliphatic rings. The average Bonchev–Trinajstić information content (AvgIpc) is 3.36. The Balaban J connectivity index is 1.14. The zero-order chi connectivity index (χ0) is 24.4. The molecule has 7 N–H and O–H groups in total. The van der Waals surface area contributed by atoms with Crippen molar-refractivity contribution in [1.29, 1.82) is 0 Å². The highest BCUT2D eigenvalue weighted by atomic mass is 19.1. The molecule has 2 fully saturated rings. The van der Waals surface area contributed by atoms with Crippen molar-refractivity contribution in [3.8, 4) is 0 Å². The van der Waals surface area contributed by atoms with Gasteiger partial charge in [-0.15, -0.1) is 0 Å². The summed E-state index contributed by atoms with van der Waals surface area (Å²) in [6, 6.07) is 15.1. The molecule has 3 aromatic rings. The van der Waals surface area contributed by atoms with Gasteiger partial charge in [-0.25, -0.2) is 14.4 Å². The molecule has 0 amide bonds. The zero-order valence-corrected chi connectivity index (χ0v) is 19.6. The number of fused-ring (bicyclic) bond motifs is 3. The highest BCUT2D eigenvalue weighted by molar-refractivity contribution is 6.09. The summed E-state index contributed by atoms with van der Waals surface area (Å²) in [5.74, 6) is 2.70. The number of nitrogens with one attached hydrogen (secondary N) is 3. The van der Waals surface area contributed by atoms with Gasteiger partial charge in [0.15, 0.2) is 5.84 Å². The molecule has 9 heteroatoms. The third-order valence-electron chi connectivity index (χ3n) is 8.31. The fraction of sp³-hybridized carbons (Fsp3) is 0.259. The molecule has 4 heterocycles. The quantitative estimate of drug-likeness (QED) is 0.388. The van der Waals surface area contributed by atoms with Crippen LogP contribution in [-0.2, 0) is 5.41 Å². The van der Waals surface area contributed by atoms with Gasteiger partial charge in [0.05, 0.1) is 5.70 Å². The normalized spacial score (nSPS) is 26.3. The molecule has 0 radical (unpaired) electrons. The Morgan fingerprint density at radius 1 is 1.08 bits per heavy atom. The van der Waals surface area contributed by atoms with Gasteiger partial charge in [-0.05, 0) is 47.4 Å². The van der Waals surface area contributed by atoms with Crippen LogP contribution < -0.4 is 27.6 Å². The lowest BCUT2D eigenvalue weighted by molar-refractivity contribution is 0.269. The van der Waals surface area contributed by atoms with Gasteiger partial charge in [-0.1, -0.05) is 30.3 Å². The van der Waals surface area contributed by atoms with Crippen molar-refractivity contribution in [2.45, 2.75) is 11.8 Å². The van der Waals surface area contributed by atoms with E-state index < -0.39 is 0 Å². The predicted octanol–water partition coefficient (Wildman–Crippen LogP) is 2.38. The van der Waals surface area contributed by atoms with Crippen LogP contribution in [0.15, 0.2) is 77.4 Å². The number of piperidine rings is 1. The van der Waals surface area contributed by atoms with E-state index in [4.69, 9.17) is 16.5 Å². The molecule has 0 spiro atoms. The Morgan fingerprint density at radius 2 is 1.97 bits per heavy atom. The number of likely N-dealkylation sites (tertiary alicyclic amines) is 1. The molecule has 182 valence electrons. The lowest BCUT2D eigenvalue weighted by Gasteiger charge is -2.30. The van der Waals surface area contributed by atoms with Crippen LogP contribution in [0.1, 0.15) is 17.5 Å². The Bertz CT molecular complexity index is 1490. The molecule has 7 rings (SSSR count). The van der Waals surface area contributed by atoms with E-state index in [-0.39, 0.29) is 11.2 Å². The van der Waals surface area contributed by atoms with Crippen LogP contribution in [0.5, 0.6) is 0 Å². The lowest BCUT2D eigenvalue weighted by atomic mass is 9.91. The number of aliphatic imine (C=N–C) groups is 1. The van der Waals surface area contributed by atoms with Crippen LogP contribution in [0.4, 0.5) is 10.2 Å². The van der Waals surface area contributed by atoms with Gasteiger partial charge in [0, 0.05) is 48.4 Å². The second-order valence-electron chi connectivity index (χ2n) is 9.91. The van der Waals surface area contributed by atoms with Crippen molar-refractivity contribution in [3.63, 3.8) is 0 Å². The number of hydrogen-bond donors (Lipinski definition) is 5. The number of nitrogens with two attached hydrogens (primary N) is 2. The summed E-state index contributed by atoms with van der Waals surface area (Å²) in [6.07, 6.45) is 4.63. The number of aromatic nitrogens is 1. The van der Waals surface area contributed by atoms with Crippen LogP contribution >= 0.6 is 0 Å². The van der Waals surface area contributed by atoms with E-state index in [0.717, 1.165) is 64.5 Å². The van der Waals surface area contributed by atoms with Crippen molar-refractivity contribution in [2.24, 2.45) is 22.6 Å². The molecule has 3 atom stereocenters. The number of nitrogens with zero attached hydrogens (tertiary/aromatic N) is 3. The van der Waals surface area contributed by atoms with Crippen molar-refractivity contribution in [3.05, 3.63) is 89.4 Å². The largest absolute Gasteiger partial charge is 0.383 e. The number of benzene rings is 2. The van der Waals surface area contributed by atoms with Crippen molar-refractivity contribution >= 4 is 28.1 Å². The average molecular weight is 483 g/mol. The number of pyridine rings is 1. The standard InChI is InChI=1S/C27H27FN8/c28-21-4-2-1-3-19(21)27(14-29)18-8-10-36(13-20(18)27)22-12-32-24-23(34-35-26(24)33-22)16-5-6-17-15(11-16)7-9-31-25(17)30/h1-7,9,11-12,18,20,32H,8,10,13-14,29H2,(H2,30,31)(H2,33,34,35)/t18-,20+,27-/m1/s1. The first-order valence-corrected chi connectivity index (χ1v) is 12.3. The molecule has 0 unspecified atom stereocenters. The van der Waals surface area contributed by atoms with Crippen molar-refractivity contribution in [1.82, 2.24) is 26.1 Å². The van der Waals surface area contributed by atoms with E-state index in [1.54, 1.807) is 18.3 Å². The van der Waals surface area contributed by atoms with E-state index in [1.165, 1.54) is 0 Å². The molecule has 2 aromatic carbocycles. The van der Waals surface area contributed by atoms with E-state index in [9.17, 15) is 4.39 Å². The topological polar surface area (TPSA) is 117 Å². The first-order valence-electron chi connectivity index (χ1n) is 12.3. The van der Waals surface area contributed by atoms with Gasteiger partial charge < -0.3 is 21.7 Å². The van der Waals surface area contributed by atoms with Gasteiger partial charge >= 0.3 is 0 Å². The van der Waals surface area contributed by atoms with E-state index in [0.29, 0.717) is 24.2 Å². The fourth-order valence-corrected chi connectivity index (χ4v) is 6.44. The maximum absolute atomic E-state index is 14.7. The van der Waals surface area contributed by atoms with Gasteiger partial charge in [0.25, 0.3) is 0 Å². The number of halogens is 1. The Kier molecular flexibility index (Phi) is 4.53. The molecular weight excluding hydrogens is 455 g/mol. The molecule has 0 bridgehead atoms. The minimum Gasteiger partial charge on any atom is -0.383 e. The van der Waals surface area contributed by atoms with E-state index in [1.807, 2.05) is 36.5 Å². The predicted molar refractivity (Wildman–Crippen MR) is 138 cm³/mol. The number of amidine groups is 1. The van der Waals surface area contributed by atoms with Crippen LogP contribution in [0.3, 0.4) is 0 Å². The molecule has 1 saturated carbocycles. The Morgan fingerprint density at radius 3 is 2.83 bits per heavy atom. The maximum atomic E-state index is 14.7. The summed E-state index contributed by atoms with van der Waals surface area (Å²) in [5, 5.41) is 5.39. The number of nitrogen functional groups attached to an aromatic ring is 1. The monoisotopic (exact) mass is 482 g/mol. The minimum absolute atomic E-state index is 0.154. The Labute approximate surface area is 207 Å². The number of hydrogen-bond acceptors (Lipinski definition) is 8. The molecule has 1 saturated heterocycles. The van der Waals surface area contributed by atoms with Gasteiger partial charge in [-0.2, -0.15) is 0 Å². The molecule has 1 aliphatic carbocycles. The number of hydrazine groups is 1. The van der Waals surface area contributed by atoms with Gasteiger partial charge in [0.2, 0.25) is 0 Å². The van der Waals surface area contributed by atoms with Gasteiger partial charge in [-0.3, -0.25) is 10.9 Å². The summed E-state index contributed by atoms with van der Waals surface area (Å²) in [6.45, 7) is 2.12. The second-order valence-corrected chi connectivity index (χ2v) is 9.91. The Hall–Kier alpha value is -4.11.